The van der Waals surface area contributed by atoms with Gasteiger partial charge in [0.15, 0.2) is 0 Å². The van der Waals surface area contributed by atoms with Gasteiger partial charge in [-0.05, 0) is 49.2 Å². The van der Waals surface area contributed by atoms with Gasteiger partial charge in [-0.15, -0.1) is 0 Å². The maximum absolute atomic E-state index is 11.9. The third kappa shape index (κ3) is 4.45. The van der Waals surface area contributed by atoms with Gasteiger partial charge in [0.1, 0.15) is 0 Å². The highest BCUT2D eigenvalue weighted by molar-refractivity contribution is 5.94. The summed E-state index contributed by atoms with van der Waals surface area (Å²) in [6, 6.07) is 10.9. The van der Waals surface area contributed by atoms with Gasteiger partial charge in [-0.2, -0.15) is 0 Å². The number of amides is 2. The normalized spacial score (nSPS) is 13.8. The van der Waals surface area contributed by atoms with Crippen molar-refractivity contribution in [1.82, 2.24) is 10.3 Å². The van der Waals surface area contributed by atoms with Crippen LogP contribution in [0.4, 0.5) is 5.69 Å². The second-order valence-electron chi connectivity index (χ2n) is 5.77. The molecule has 1 aromatic carbocycles. The zero-order valence-corrected chi connectivity index (χ0v) is 13.9. The Bertz CT molecular complexity index is 804. The molecule has 5 nitrogen and oxygen atoms in total. The fourth-order valence-electron chi connectivity index (χ4n) is 2.68. The second-order valence-corrected chi connectivity index (χ2v) is 5.77. The van der Waals surface area contributed by atoms with Crippen molar-refractivity contribution in [2.45, 2.75) is 19.3 Å². The Morgan fingerprint density at radius 1 is 1.12 bits per heavy atom. The number of aromatic nitrogens is 1. The summed E-state index contributed by atoms with van der Waals surface area (Å²) in [7, 11) is 0. The van der Waals surface area contributed by atoms with Crippen LogP contribution in [0.25, 0.3) is 0 Å². The third-order valence-corrected chi connectivity index (χ3v) is 4.01. The van der Waals surface area contributed by atoms with Gasteiger partial charge in [0.2, 0.25) is 5.91 Å². The number of carbonyl (C=O) groups is 2. The molecule has 0 bridgehead atoms. The molecular weight excluding hydrogens is 314 g/mol. The molecule has 2 heterocycles. The lowest BCUT2D eigenvalue weighted by molar-refractivity contribution is -0.119. The molecule has 2 aromatic rings. The molecule has 1 fully saturated rings. The van der Waals surface area contributed by atoms with Gasteiger partial charge in [0, 0.05) is 42.2 Å². The lowest BCUT2D eigenvalue weighted by Crippen LogP contribution is -2.35. The first-order valence-electron chi connectivity index (χ1n) is 8.31. The highest BCUT2D eigenvalue weighted by Crippen LogP contribution is 2.20. The smallest absolute Gasteiger partial charge is 0.252 e. The maximum Gasteiger partial charge on any atom is 0.252 e. The number of carbonyl (C=O) groups excluding carboxylic acids is 2. The highest BCUT2D eigenvalue weighted by Gasteiger charge is 2.19. The number of hydrogen-bond acceptors (Lipinski definition) is 3. The topological polar surface area (TPSA) is 62.3 Å². The molecule has 1 aromatic heterocycles. The van der Waals surface area contributed by atoms with E-state index in [1.807, 2.05) is 29.2 Å². The van der Waals surface area contributed by atoms with Gasteiger partial charge in [0.05, 0.1) is 6.54 Å². The first-order chi connectivity index (χ1) is 12.2. The van der Waals surface area contributed by atoms with Crippen molar-refractivity contribution in [1.29, 1.82) is 0 Å². The molecule has 0 spiro atoms. The molecular formula is C20H19N3O2. The average molecular weight is 333 g/mol. The predicted octanol–water partition coefficient (Wildman–Crippen LogP) is 2.38. The van der Waals surface area contributed by atoms with Crippen LogP contribution >= 0.6 is 0 Å². The van der Waals surface area contributed by atoms with Crippen molar-refractivity contribution in [2.75, 3.05) is 18.0 Å². The number of nitrogens with zero attached hydrogens (tertiary/aromatic N) is 2. The van der Waals surface area contributed by atoms with Gasteiger partial charge in [-0.3, -0.25) is 14.6 Å². The Kier molecular flexibility index (Phi) is 5.43. The Labute approximate surface area is 147 Å². The van der Waals surface area contributed by atoms with Gasteiger partial charge in [-0.1, -0.05) is 11.8 Å². The molecule has 0 radical (unpaired) electrons. The quantitative estimate of drug-likeness (QED) is 0.877. The number of nitrogens with one attached hydrogen (secondary N) is 1. The molecule has 1 N–H and O–H groups in total. The van der Waals surface area contributed by atoms with Crippen molar-refractivity contribution in [3.05, 3.63) is 59.9 Å². The maximum atomic E-state index is 11.9. The van der Waals surface area contributed by atoms with Crippen LogP contribution in [0.3, 0.4) is 0 Å². The summed E-state index contributed by atoms with van der Waals surface area (Å²) >= 11 is 0. The van der Waals surface area contributed by atoms with Crippen LogP contribution in [0, 0.1) is 11.8 Å². The monoisotopic (exact) mass is 333 g/mol. The van der Waals surface area contributed by atoms with Crippen LogP contribution in [0.1, 0.15) is 35.2 Å². The van der Waals surface area contributed by atoms with E-state index in [1.54, 1.807) is 24.5 Å². The van der Waals surface area contributed by atoms with E-state index in [4.69, 9.17) is 0 Å². The zero-order valence-electron chi connectivity index (χ0n) is 13.9. The first-order valence-corrected chi connectivity index (χ1v) is 8.31. The summed E-state index contributed by atoms with van der Waals surface area (Å²) in [5.74, 6) is 5.96. The molecule has 3 rings (SSSR count). The number of anilines is 1. The summed E-state index contributed by atoms with van der Waals surface area (Å²) in [5, 5.41) is 2.74. The number of pyridine rings is 1. The largest absolute Gasteiger partial charge is 0.341 e. The van der Waals surface area contributed by atoms with Gasteiger partial charge >= 0.3 is 0 Å². The molecule has 5 heteroatoms. The minimum absolute atomic E-state index is 0.171. The standard InChI is InChI=1S/C20H19N3O2/c24-19-5-1-2-15-23(19)18-8-6-16(7-9-18)4-3-12-22-20(25)17-10-13-21-14-11-17/h6-11,13-14H,1-2,5,12,15H2,(H,22,25). The molecule has 2 amide bonds. The molecule has 0 unspecified atom stereocenters. The van der Waals surface area contributed by atoms with Crippen molar-refractivity contribution in [2.24, 2.45) is 0 Å². The molecule has 0 aliphatic carbocycles. The SMILES string of the molecule is O=C(NCC#Cc1ccc(N2CCCCC2=O)cc1)c1ccncc1. The van der Waals surface area contributed by atoms with Crippen LogP contribution in [-0.4, -0.2) is 29.9 Å². The fourth-order valence-corrected chi connectivity index (χ4v) is 2.68. The lowest BCUT2D eigenvalue weighted by atomic mass is 10.1. The zero-order chi connectivity index (χ0) is 17.5. The molecule has 1 saturated heterocycles. The Balaban J connectivity index is 1.54. The average Bonchev–Trinajstić information content (AvgIpc) is 2.67. The number of piperidine rings is 1. The summed E-state index contributed by atoms with van der Waals surface area (Å²) in [4.78, 5) is 29.5. The third-order valence-electron chi connectivity index (χ3n) is 4.01. The predicted molar refractivity (Wildman–Crippen MR) is 96.1 cm³/mol. The van der Waals surface area contributed by atoms with E-state index in [9.17, 15) is 9.59 Å². The van der Waals surface area contributed by atoms with E-state index in [-0.39, 0.29) is 18.4 Å². The van der Waals surface area contributed by atoms with Crippen LogP contribution in [0.5, 0.6) is 0 Å². The van der Waals surface area contributed by atoms with Crippen LogP contribution < -0.4 is 10.2 Å². The number of benzene rings is 1. The van der Waals surface area contributed by atoms with E-state index in [2.05, 4.69) is 22.1 Å². The summed E-state index contributed by atoms with van der Waals surface area (Å²) in [6.45, 7) is 1.05. The van der Waals surface area contributed by atoms with Gasteiger partial charge in [-0.25, -0.2) is 0 Å². The van der Waals surface area contributed by atoms with E-state index in [0.29, 0.717) is 12.0 Å². The van der Waals surface area contributed by atoms with Crippen molar-refractivity contribution < 1.29 is 9.59 Å². The van der Waals surface area contributed by atoms with Crippen molar-refractivity contribution >= 4 is 17.5 Å². The fraction of sp³-hybridized carbons (Fsp3) is 0.250. The Hall–Kier alpha value is -3.13. The molecule has 0 saturated carbocycles. The summed E-state index contributed by atoms with van der Waals surface area (Å²) in [6.07, 6.45) is 5.80. The Morgan fingerprint density at radius 2 is 1.88 bits per heavy atom. The van der Waals surface area contributed by atoms with Gasteiger partial charge in [0.25, 0.3) is 5.91 Å². The van der Waals surface area contributed by atoms with E-state index in [1.165, 1.54) is 0 Å². The van der Waals surface area contributed by atoms with E-state index in [0.717, 1.165) is 30.6 Å². The van der Waals surface area contributed by atoms with E-state index < -0.39 is 0 Å². The number of rotatable bonds is 3. The molecule has 126 valence electrons. The first kappa shape index (κ1) is 16.7. The van der Waals surface area contributed by atoms with Crippen molar-refractivity contribution in [3.8, 4) is 11.8 Å². The molecule has 1 aliphatic rings. The lowest BCUT2D eigenvalue weighted by Gasteiger charge is -2.26. The minimum atomic E-state index is -0.171. The summed E-state index contributed by atoms with van der Waals surface area (Å²) in [5.41, 5.74) is 2.33. The second kappa shape index (κ2) is 8.11. The Morgan fingerprint density at radius 3 is 2.60 bits per heavy atom. The minimum Gasteiger partial charge on any atom is -0.341 e. The number of hydrogen-bond donors (Lipinski definition) is 1. The van der Waals surface area contributed by atoms with Gasteiger partial charge < -0.3 is 10.2 Å². The highest BCUT2D eigenvalue weighted by atomic mass is 16.2. The van der Waals surface area contributed by atoms with Crippen LogP contribution in [0.15, 0.2) is 48.8 Å². The molecule has 25 heavy (non-hydrogen) atoms. The summed E-state index contributed by atoms with van der Waals surface area (Å²) < 4.78 is 0. The van der Waals surface area contributed by atoms with Crippen LogP contribution in [-0.2, 0) is 4.79 Å². The van der Waals surface area contributed by atoms with Crippen molar-refractivity contribution in [3.63, 3.8) is 0 Å². The van der Waals surface area contributed by atoms with Crippen LogP contribution in [0.2, 0.25) is 0 Å². The van der Waals surface area contributed by atoms with E-state index >= 15 is 0 Å². The molecule has 0 atom stereocenters. The molecule has 1 aliphatic heterocycles.